The van der Waals surface area contributed by atoms with E-state index in [0.717, 1.165) is 20.0 Å². The van der Waals surface area contributed by atoms with Crippen LogP contribution in [0.1, 0.15) is 135 Å². The number of rotatable bonds is 21. The molecule has 0 aromatic carbocycles. The molecule has 0 unspecified atom stereocenters. The number of carbonyl (C=O) groups is 1. The zero-order valence-corrected chi connectivity index (χ0v) is 27.3. The number of hydrogen-bond acceptors (Lipinski definition) is 6. The Kier molecular flexibility index (Phi) is 42.3. The van der Waals surface area contributed by atoms with Gasteiger partial charge in [0.25, 0.3) is 0 Å². The number of carboxylic acid groups (broad SMARTS) is 1. The van der Waals surface area contributed by atoms with Crippen LogP contribution < -0.4 is 14.9 Å². The molecule has 234 valence electrons. The monoisotopic (exact) mass is 570 g/mol. The lowest BCUT2D eigenvalue weighted by atomic mass is 10.0. The van der Waals surface area contributed by atoms with Gasteiger partial charge in [0.2, 0.25) is 10.4 Å². The lowest BCUT2D eigenvalue weighted by Crippen LogP contribution is -3.02. The molecule has 0 saturated carbocycles. The highest BCUT2D eigenvalue weighted by Crippen LogP contribution is 2.14. The smallest absolute Gasteiger partial charge is 0.217 e. The Morgan fingerprint density at radius 3 is 0.921 bits per heavy atom. The number of aliphatic carboxylic acids is 1. The molecule has 0 fully saturated rings. The van der Waals surface area contributed by atoms with Gasteiger partial charge in [-0.2, -0.15) is 0 Å². The van der Waals surface area contributed by atoms with Crippen LogP contribution in [0.2, 0.25) is 0 Å². The van der Waals surface area contributed by atoms with Crippen molar-refractivity contribution < 1.29 is 36.9 Å². The summed E-state index contributed by atoms with van der Waals surface area (Å²) >= 11 is 0. The van der Waals surface area contributed by atoms with Crippen molar-refractivity contribution in [2.24, 2.45) is 0 Å². The molecular weight excluding hydrogens is 504 g/mol. The van der Waals surface area contributed by atoms with Gasteiger partial charge in [-0.05, 0) is 12.8 Å². The average Bonchev–Trinajstić information content (AvgIpc) is 2.79. The molecule has 0 heterocycles. The zero-order valence-electron chi connectivity index (χ0n) is 26.5. The van der Waals surface area contributed by atoms with Gasteiger partial charge in [-0.1, -0.05) is 122 Å². The summed E-state index contributed by atoms with van der Waals surface area (Å²) in [5.74, 6) is -0.901. The highest BCUT2D eigenvalue weighted by Gasteiger charge is 1.95. The van der Waals surface area contributed by atoms with E-state index in [1.54, 1.807) is 0 Å². The summed E-state index contributed by atoms with van der Waals surface area (Å²) in [6, 6.07) is 0. The van der Waals surface area contributed by atoms with Crippen molar-refractivity contribution >= 4 is 16.4 Å². The van der Waals surface area contributed by atoms with Crippen molar-refractivity contribution in [3.8, 4) is 0 Å². The van der Waals surface area contributed by atoms with E-state index in [1.165, 1.54) is 119 Å². The van der Waals surface area contributed by atoms with Crippen molar-refractivity contribution in [3.05, 3.63) is 0 Å². The summed E-state index contributed by atoms with van der Waals surface area (Å²) in [5, 5.41) is 10.3. The van der Waals surface area contributed by atoms with E-state index in [4.69, 9.17) is 0 Å². The summed E-state index contributed by atoms with van der Waals surface area (Å²) in [5.41, 5.74) is 0. The van der Waals surface area contributed by atoms with Crippen molar-refractivity contribution in [1.29, 1.82) is 0 Å². The van der Waals surface area contributed by atoms with E-state index < -0.39 is 16.4 Å². The Balaban J connectivity index is -0.000000336. The molecule has 0 atom stereocenters. The number of unbranched alkanes of at least 4 members (excludes halogenated alkanes) is 18. The first-order valence-electron chi connectivity index (χ1n) is 15.0. The standard InChI is InChI=1S/C22H44O2.2C3H9N.CH4O4S/c1-2-3-4-5-6-7-8-9-10-11-12-13-14-15-16-17-18-19-20-21-22(23)24;2*1-4(2)3;1-5-6(2,3)4/h2-21H2,1H3,(H,23,24);2*1-3H3;1H3,(H,2,3,4). The van der Waals surface area contributed by atoms with Gasteiger partial charge in [0, 0.05) is 5.97 Å². The molecule has 0 aliphatic rings. The molecule has 0 amide bonds. The molecule has 0 aliphatic carbocycles. The molecule has 0 radical (unpaired) electrons. The van der Waals surface area contributed by atoms with Crippen molar-refractivity contribution in [3.63, 3.8) is 0 Å². The van der Waals surface area contributed by atoms with Gasteiger partial charge in [0.05, 0.1) is 49.4 Å². The Morgan fingerprint density at radius 1 is 0.579 bits per heavy atom. The number of carbonyl (C=O) groups excluding carboxylic acids is 1. The Hall–Kier alpha value is -0.740. The van der Waals surface area contributed by atoms with E-state index in [0.29, 0.717) is 0 Å². The van der Waals surface area contributed by atoms with Crippen LogP contribution in [0, 0.1) is 0 Å². The molecule has 0 bridgehead atoms. The summed E-state index contributed by atoms with van der Waals surface area (Å²) in [7, 11) is 8.90. The second kappa shape index (κ2) is 36.3. The van der Waals surface area contributed by atoms with Gasteiger partial charge in [0.1, 0.15) is 0 Å². The van der Waals surface area contributed by atoms with Crippen LogP contribution in [0.5, 0.6) is 0 Å². The van der Waals surface area contributed by atoms with Gasteiger partial charge in [-0.15, -0.1) is 0 Å². The summed E-state index contributed by atoms with van der Waals surface area (Å²) in [6.45, 7) is 2.28. The lowest BCUT2D eigenvalue weighted by Gasteiger charge is -2.04. The van der Waals surface area contributed by atoms with Crippen molar-refractivity contribution in [2.45, 2.75) is 135 Å². The SMILES string of the molecule is CCCCCCCCCCCCCCCCCCCCCC(=O)[O-].COS(=O)(=O)[O-].C[NH+](C)C.C[NH+](C)C. The third-order valence-electron chi connectivity index (χ3n) is 5.19. The first-order chi connectivity index (χ1) is 17.8. The minimum Gasteiger partial charge on any atom is -0.726 e. The van der Waals surface area contributed by atoms with Crippen LogP contribution in [-0.2, 0) is 19.4 Å². The third kappa shape index (κ3) is 76.5. The first-order valence-corrected chi connectivity index (χ1v) is 16.4. The Bertz CT molecular complexity index is 532. The largest absolute Gasteiger partial charge is 0.726 e. The van der Waals surface area contributed by atoms with E-state index in [2.05, 4.69) is 53.4 Å². The van der Waals surface area contributed by atoms with Crippen LogP contribution >= 0.6 is 0 Å². The predicted molar refractivity (Wildman–Crippen MR) is 157 cm³/mol. The van der Waals surface area contributed by atoms with E-state index in [-0.39, 0.29) is 6.42 Å². The highest BCUT2D eigenvalue weighted by molar-refractivity contribution is 7.80. The van der Waals surface area contributed by atoms with E-state index in [1.807, 2.05) is 0 Å². The molecule has 0 rings (SSSR count). The normalized spacial score (nSPS) is 10.7. The van der Waals surface area contributed by atoms with Gasteiger partial charge in [-0.3, -0.25) is 4.18 Å². The molecule has 0 spiro atoms. The number of quaternary nitrogens is 2. The predicted octanol–water partition coefficient (Wildman–Crippen LogP) is 3.17. The lowest BCUT2D eigenvalue weighted by molar-refractivity contribution is -0.836. The van der Waals surface area contributed by atoms with Crippen LogP contribution in [-0.4, -0.2) is 68.3 Å². The van der Waals surface area contributed by atoms with Crippen LogP contribution in [0.15, 0.2) is 0 Å². The maximum Gasteiger partial charge on any atom is 0.217 e. The van der Waals surface area contributed by atoms with E-state index >= 15 is 0 Å². The minimum absolute atomic E-state index is 0.235. The highest BCUT2D eigenvalue weighted by atomic mass is 32.3. The topological polar surface area (TPSA) is 115 Å². The summed E-state index contributed by atoms with van der Waals surface area (Å²) in [6.07, 6.45) is 25.7. The quantitative estimate of drug-likeness (QED) is 0.124. The second-order valence-corrected chi connectivity index (χ2v) is 12.2. The number of hydrogen-bond donors (Lipinski definition) is 2. The minimum atomic E-state index is -4.41. The molecule has 0 aliphatic heterocycles. The molecule has 0 aromatic heterocycles. The fraction of sp³-hybridized carbons (Fsp3) is 0.966. The fourth-order valence-electron chi connectivity index (χ4n) is 3.35. The first kappa shape index (κ1) is 44.3. The maximum absolute atomic E-state index is 10.3. The Morgan fingerprint density at radius 2 is 0.763 bits per heavy atom. The maximum atomic E-state index is 10.3. The number of nitrogens with one attached hydrogen (secondary N) is 2. The molecule has 0 saturated heterocycles. The summed E-state index contributed by atoms with van der Waals surface area (Å²) in [4.78, 5) is 13.1. The van der Waals surface area contributed by atoms with Crippen LogP contribution in [0.3, 0.4) is 0 Å². The van der Waals surface area contributed by atoms with Gasteiger partial charge >= 0.3 is 0 Å². The summed E-state index contributed by atoms with van der Waals surface area (Å²) < 4.78 is 31.0. The molecule has 9 heteroatoms. The molecular formula is C29H66N2O6S. The average molecular weight is 571 g/mol. The fourth-order valence-corrected chi connectivity index (χ4v) is 3.35. The van der Waals surface area contributed by atoms with Crippen LogP contribution in [0.4, 0.5) is 0 Å². The molecule has 0 aromatic rings. The molecule has 38 heavy (non-hydrogen) atoms. The van der Waals surface area contributed by atoms with Crippen molar-refractivity contribution in [2.75, 3.05) is 49.4 Å². The Labute approximate surface area is 237 Å². The van der Waals surface area contributed by atoms with Gasteiger partial charge in [-0.25, -0.2) is 8.42 Å². The molecule has 8 nitrogen and oxygen atoms in total. The molecule has 2 N–H and O–H groups in total. The van der Waals surface area contributed by atoms with E-state index in [9.17, 15) is 22.9 Å². The van der Waals surface area contributed by atoms with Gasteiger partial charge in [0.15, 0.2) is 0 Å². The number of carboxylic acids is 1. The third-order valence-corrected chi connectivity index (χ3v) is 5.60. The van der Waals surface area contributed by atoms with Crippen molar-refractivity contribution in [1.82, 2.24) is 0 Å². The zero-order chi connectivity index (χ0) is 30.1. The van der Waals surface area contributed by atoms with Gasteiger partial charge < -0.3 is 24.3 Å². The second-order valence-electron chi connectivity index (χ2n) is 11.1. The van der Waals surface area contributed by atoms with Crippen LogP contribution in [0.25, 0.3) is 0 Å².